The van der Waals surface area contributed by atoms with Crippen LogP contribution in [-0.4, -0.2) is 4.98 Å². The SMILES string of the molecule is FC(F)(F)c1ccc2[nH]cc(C3CCCCCC3)c2c1. The highest BCUT2D eigenvalue weighted by Gasteiger charge is 2.31. The summed E-state index contributed by atoms with van der Waals surface area (Å²) in [6.07, 6.45) is 4.64. The highest BCUT2D eigenvalue weighted by molar-refractivity contribution is 5.84. The summed E-state index contributed by atoms with van der Waals surface area (Å²) in [5, 5.41) is 0.742. The summed E-state index contributed by atoms with van der Waals surface area (Å²) in [6, 6.07) is 3.99. The highest BCUT2D eigenvalue weighted by atomic mass is 19.4. The monoisotopic (exact) mass is 281 g/mol. The van der Waals surface area contributed by atoms with E-state index in [-0.39, 0.29) is 0 Å². The molecule has 1 N–H and O–H groups in total. The standard InChI is InChI=1S/C16H18F3N/c17-16(18,19)12-7-8-15-13(9-12)14(10-20-15)11-5-3-1-2-4-6-11/h7-11,20H,1-6H2. The van der Waals surface area contributed by atoms with Crippen molar-refractivity contribution in [3.8, 4) is 0 Å². The van der Waals surface area contributed by atoms with Gasteiger partial charge in [-0.05, 0) is 42.5 Å². The van der Waals surface area contributed by atoms with Crippen LogP contribution in [-0.2, 0) is 6.18 Å². The van der Waals surface area contributed by atoms with Crippen molar-refractivity contribution in [3.05, 3.63) is 35.5 Å². The predicted octanol–water partition coefficient (Wildman–Crippen LogP) is 5.62. The fourth-order valence-corrected chi connectivity index (χ4v) is 3.25. The molecular formula is C16H18F3N. The molecule has 1 aromatic carbocycles. The van der Waals surface area contributed by atoms with E-state index >= 15 is 0 Å². The molecule has 1 saturated carbocycles. The van der Waals surface area contributed by atoms with Gasteiger partial charge in [-0.15, -0.1) is 0 Å². The summed E-state index contributed by atoms with van der Waals surface area (Å²) in [5.74, 6) is 0.398. The minimum absolute atomic E-state index is 0.398. The number of fused-ring (bicyclic) bond motifs is 1. The molecule has 4 heteroatoms. The molecule has 2 aromatic rings. The van der Waals surface area contributed by atoms with Crippen molar-refractivity contribution >= 4 is 10.9 Å². The van der Waals surface area contributed by atoms with E-state index in [1.165, 1.54) is 31.7 Å². The second kappa shape index (κ2) is 5.15. The summed E-state index contributed by atoms with van der Waals surface area (Å²) in [6.45, 7) is 0. The van der Waals surface area contributed by atoms with E-state index in [4.69, 9.17) is 0 Å². The van der Waals surface area contributed by atoms with Crippen LogP contribution in [0.1, 0.15) is 55.6 Å². The number of benzene rings is 1. The highest BCUT2D eigenvalue weighted by Crippen LogP contribution is 2.38. The Kier molecular flexibility index (Phi) is 3.48. The van der Waals surface area contributed by atoms with Crippen molar-refractivity contribution in [1.82, 2.24) is 4.98 Å². The fourth-order valence-electron chi connectivity index (χ4n) is 3.25. The van der Waals surface area contributed by atoms with Crippen LogP contribution >= 0.6 is 0 Å². The van der Waals surface area contributed by atoms with Crippen molar-refractivity contribution in [2.75, 3.05) is 0 Å². The van der Waals surface area contributed by atoms with Gasteiger partial charge in [-0.3, -0.25) is 0 Å². The van der Waals surface area contributed by atoms with E-state index in [0.29, 0.717) is 5.92 Å². The number of aromatic amines is 1. The van der Waals surface area contributed by atoms with Gasteiger partial charge < -0.3 is 4.98 Å². The van der Waals surface area contributed by atoms with Crippen LogP contribution in [0.2, 0.25) is 0 Å². The Morgan fingerprint density at radius 2 is 1.70 bits per heavy atom. The lowest BCUT2D eigenvalue weighted by atomic mass is 9.91. The lowest BCUT2D eigenvalue weighted by Crippen LogP contribution is -2.04. The van der Waals surface area contributed by atoms with Gasteiger partial charge in [-0.1, -0.05) is 25.7 Å². The van der Waals surface area contributed by atoms with Crippen LogP contribution in [0.15, 0.2) is 24.4 Å². The summed E-state index contributed by atoms with van der Waals surface area (Å²) in [7, 11) is 0. The van der Waals surface area contributed by atoms with Crippen LogP contribution < -0.4 is 0 Å². The maximum atomic E-state index is 12.9. The van der Waals surface area contributed by atoms with E-state index in [1.807, 2.05) is 6.20 Å². The number of hydrogen-bond donors (Lipinski definition) is 1. The number of H-pyrrole nitrogens is 1. The van der Waals surface area contributed by atoms with Crippen molar-refractivity contribution in [2.45, 2.75) is 50.6 Å². The molecule has 0 spiro atoms. The molecule has 0 aliphatic heterocycles. The maximum absolute atomic E-state index is 12.9. The zero-order chi connectivity index (χ0) is 14.2. The Bertz CT molecular complexity index is 589. The Morgan fingerprint density at radius 1 is 1.00 bits per heavy atom. The molecule has 0 saturated heterocycles. The van der Waals surface area contributed by atoms with E-state index in [2.05, 4.69) is 4.98 Å². The van der Waals surface area contributed by atoms with E-state index in [9.17, 15) is 13.2 Å². The minimum atomic E-state index is -4.27. The van der Waals surface area contributed by atoms with Crippen LogP contribution in [0.5, 0.6) is 0 Å². The van der Waals surface area contributed by atoms with Gasteiger partial charge in [-0.2, -0.15) is 13.2 Å². The average Bonchev–Trinajstić information content (AvgIpc) is 2.64. The first-order valence-corrected chi connectivity index (χ1v) is 7.24. The average molecular weight is 281 g/mol. The predicted molar refractivity (Wildman–Crippen MR) is 73.7 cm³/mol. The number of hydrogen-bond acceptors (Lipinski definition) is 0. The Labute approximate surface area is 116 Å². The smallest absolute Gasteiger partial charge is 0.361 e. The molecule has 1 heterocycles. The van der Waals surface area contributed by atoms with Crippen molar-refractivity contribution in [1.29, 1.82) is 0 Å². The molecule has 0 radical (unpaired) electrons. The fraction of sp³-hybridized carbons (Fsp3) is 0.500. The summed E-state index contributed by atoms with van der Waals surface area (Å²) >= 11 is 0. The summed E-state index contributed by atoms with van der Waals surface area (Å²) < 4.78 is 38.6. The Morgan fingerprint density at radius 3 is 2.35 bits per heavy atom. The third kappa shape index (κ3) is 2.56. The number of halogens is 3. The van der Waals surface area contributed by atoms with Gasteiger partial charge in [-0.25, -0.2) is 0 Å². The largest absolute Gasteiger partial charge is 0.416 e. The first-order valence-electron chi connectivity index (χ1n) is 7.24. The molecule has 1 aromatic heterocycles. The number of rotatable bonds is 1. The molecule has 0 unspecified atom stereocenters. The third-order valence-electron chi connectivity index (χ3n) is 4.34. The second-order valence-electron chi connectivity index (χ2n) is 5.69. The first-order chi connectivity index (χ1) is 9.55. The molecule has 3 rings (SSSR count). The topological polar surface area (TPSA) is 15.8 Å². The molecule has 108 valence electrons. The second-order valence-corrected chi connectivity index (χ2v) is 5.69. The number of nitrogens with one attached hydrogen (secondary N) is 1. The molecule has 1 fully saturated rings. The van der Waals surface area contributed by atoms with E-state index < -0.39 is 11.7 Å². The van der Waals surface area contributed by atoms with Crippen LogP contribution in [0.3, 0.4) is 0 Å². The van der Waals surface area contributed by atoms with Gasteiger partial charge in [0.1, 0.15) is 0 Å². The lowest BCUT2D eigenvalue weighted by Gasteiger charge is -2.14. The van der Waals surface area contributed by atoms with Gasteiger partial charge >= 0.3 is 6.18 Å². The van der Waals surface area contributed by atoms with E-state index in [1.54, 1.807) is 6.07 Å². The van der Waals surface area contributed by atoms with Gasteiger partial charge in [0.25, 0.3) is 0 Å². The zero-order valence-corrected chi connectivity index (χ0v) is 11.3. The minimum Gasteiger partial charge on any atom is -0.361 e. The van der Waals surface area contributed by atoms with Crippen molar-refractivity contribution in [3.63, 3.8) is 0 Å². The number of aromatic nitrogens is 1. The molecule has 1 aliphatic carbocycles. The van der Waals surface area contributed by atoms with Crippen molar-refractivity contribution < 1.29 is 13.2 Å². The van der Waals surface area contributed by atoms with Crippen LogP contribution in [0.4, 0.5) is 13.2 Å². The number of alkyl halides is 3. The molecule has 0 amide bonds. The van der Waals surface area contributed by atoms with Gasteiger partial charge in [0.2, 0.25) is 0 Å². The Balaban J connectivity index is 2.02. The normalized spacial score (nSPS) is 18.4. The molecule has 0 atom stereocenters. The Hall–Kier alpha value is -1.45. The first kappa shape index (κ1) is 13.5. The summed E-state index contributed by atoms with van der Waals surface area (Å²) in [4.78, 5) is 3.12. The van der Waals surface area contributed by atoms with Gasteiger partial charge in [0.05, 0.1) is 5.56 Å². The molecule has 0 bridgehead atoms. The maximum Gasteiger partial charge on any atom is 0.416 e. The molecule has 1 nitrogen and oxygen atoms in total. The lowest BCUT2D eigenvalue weighted by molar-refractivity contribution is -0.137. The molecule has 20 heavy (non-hydrogen) atoms. The van der Waals surface area contributed by atoms with Crippen molar-refractivity contribution in [2.24, 2.45) is 0 Å². The quantitative estimate of drug-likeness (QED) is 0.652. The summed E-state index contributed by atoms with van der Waals surface area (Å²) in [5.41, 5.74) is 1.31. The van der Waals surface area contributed by atoms with E-state index in [0.717, 1.165) is 35.4 Å². The van der Waals surface area contributed by atoms with Gasteiger partial charge in [0, 0.05) is 17.1 Å². The molecule has 1 aliphatic rings. The third-order valence-corrected chi connectivity index (χ3v) is 4.34. The molecular weight excluding hydrogens is 263 g/mol. The zero-order valence-electron chi connectivity index (χ0n) is 11.3. The van der Waals surface area contributed by atoms with Gasteiger partial charge in [0.15, 0.2) is 0 Å². The van der Waals surface area contributed by atoms with Crippen LogP contribution in [0, 0.1) is 0 Å². The van der Waals surface area contributed by atoms with Crippen LogP contribution in [0.25, 0.3) is 10.9 Å².